The van der Waals surface area contributed by atoms with Gasteiger partial charge in [-0.05, 0) is 37.4 Å². The van der Waals surface area contributed by atoms with Gasteiger partial charge >= 0.3 is 0 Å². The number of carbonyl (C=O) groups excluding carboxylic acids is 1. The molecule has 0 radical (unpaired) electrons. The Balaban J connectivity index is 1.70. The number of amides is 1. The van der Waals surface area contributed by atoms with Gasteiger partial charge in [0.05, 0.1) is 22.8 Å². The number of hydrogen-bond acceptors (Lipinski definition) is 8. The molecule has 0 aliphatic carbocycles. The van der Waals surface area contributed by atoms with Gasteiger partial charge in [-0.3, -0.25) is 19.8 Å². The molecule has 0 unspecified atom stereocenters. The molecule has 11 heteroatoms. The standard InChI is InChI=1S/C24H28FN5O4S/c1-3-27(4-2)10-11-29(24-26-22-18(25)6-5-7-21(22)35-24)23(31)17-8-9-19(20(16-17)30(32)33)28-12-14-34-15-13-28/h5-9,16H,3-4,10-15H2,1-2H3. The Morgan fingerprint density at radius 1 is 1.20 bits per heavy atom. The number of likely N-dealkylation sites (N-methyl/N-ethyl adjacent to an activating group) is 1. The third-order valence-corrected chi connectivity index (χ3v) is 7.18. The molecule has 0 bridgehead atoms. The third-order valence-electron chi connectivity index (χ3n) is 6.14. The van der Waals surface area contributed by atoms with E-state index in [9.17, 15) is 19.3 Å². The van der Waals surface area contributed by atoms with Gasteiger partial charge in [-0.15, -0.1) is 0 Å². The van der Waals surface area contributed by atoms with Crippen LogP contribution in [0.15, 0.2) is 36.4 Å². The molecule has 0 atom stereocenters. The summed E-state index contributed by atoms with van der Waals surface area (Å²) in [7, 11) is 0. The number of carbonyl (C=O) groups is 1. The highest BCUT2D eigenvalue weighted by molar-refractivity contribution is 7.22. The number of hydrogen-bond donors (Lipinski definition) is 0. The summed E-state index contributed by atoms with van der Waals surface area (Å²) in [5.74, 6) is -0.861. The molecule has 4 rings (SSSR count). The molecule has 0 saturated carbocycles. The molecule has 35 heavy (non-hydrogen) atoms. The SMILES string of the molecule is CCN(CC)CCN(C(=O)c1ccc(N2CCOCC2)c([N+](=O)[O-])c1)c1nc2c(F)cccc2s1. The number of anilines is 2. The molecule has 1 aliphatic rings. The quantitative estimate of drug-likeness (QED) is 0.321. The minimum absolute atomic E-state index is 0.128. The van der Waals surface area contributed by atoms with Crippen LogP contribution in [-0.2, 0) is 4.74 Å². The maximum atomic E-state index is 14.3. The second-order valence-corrected chi connectivity index (χ2v) is 9.14. The van der Waals surface area contributed by atoms with Crippen LogP contribution in [0.1, 0.15) is 24.2 Å². The average molecular weight is 502 g/mol. The molecule has 1 fully saturated rings. The summed E-state index contributed by atoms with van der Waals surface area (Å²) in [6.45, 7) is 8.68. The van der Waals surface area contributed by atoms with Crippen molar-refractivity contribution < 1.29 is 18.8 Å². The highest BCUT2D eigenvalue weighted by Gasteiger charge is 2.27. The Kier molecular flexibility index (Phi) is 7.89. The number of morpholine rings is 1. The van der Waals surface area contributed by atoms with Crippen molar-refractivity contribution in [2.45, 2.75) is 13.8 Å². The molecular weight excluding hydrogens is 473 g/mol. The van der Waals surface area contributed by atoms with Crippen LogP contribution in [0.5, 0.6) is 0 Å². The molecule has 1 saturated heterocycles. The van der Waals surface area contributed by atoms with E-state index in [0.717, 1.165) is 13.1 Å². The fourth-order valence-electron chi connectivity index (χ4n) is 4.11. The number of nitro groups is 1. The highest BCUT2D eigenvalue weighted by Crippen LogP contribution is 2.33. The molecule has 2 aromatic carbocycles. The second kappa shape index (κ2) is 11.1. The van der Waals surface area contributed by atoms with Crippen molar-refractivity contribution in [2.24, 2.45) is 0 Å². The van der Waals surface area contributed by atoms with E-state index in [4.69, 9.17) is 4.74 Å². The Bertz CT molecular complexity index is 1210. The maximum absolute atomic E-state index is 14.3. The number of para-hydroxylation sites is 1. The Hall–Kier alpha value is -3.15. The number of thiazole rings is 1. The van der Waals surface area contributed by atoms with Crippen molar-refractivity contribution in [3.63, 3.8) is 0 Å². The number of ether oxygens (including phenoxy) is 1. The van der Waals surface area contributed by atoms with E-state index in [-0.39, 0.29) is 16.8 Å². The van der Waals surface area contributed by atoms with Gasteiger partial charge in [-0.25, -0.2) is 9.37 Å². The molecular formula is C24H28FN5O4S. The molecule has 3 aromatic rings. The van der Waals surface area contributed by atoms with Gasteiger partial charge in [0.15, 0.2) is 5.13 Å². The van der Waals surface area contributed by atoms with Crippen molar-refractivity contribution in [3.8, 4) is 0 Å². The first-order valence-electron chi connectivity index (χ1n) is 11.6. The molecule has 0 N–H and O–H groups in total. The molecule has 1 amide bonds. The van der Waals surface area contributed by atoms with Gasteiger partial charge in [-0.2, -0.15) is 0 Å². The molecule has 2 heterocycles. The van der Waals surface area contributed by atoms with E-state index >= 15 is 0 Å². The number of aromatic nitrogens is 1. The van der Waals surface area contributed by atoms with Crippen molar-refractivity contribution in [1.82, 2.24) is 9.88 Å². The summed E-state index contributed by atoms with van der Waals surface area (Å²) in [5, 5.41) is 12.3. The van der Waals surface area contributed by atoms with Crippen LogP contribution in [0.25, 0.3) is 10.2 Å². The summed E-state index contributed by atoms with van der Waals surface area (Å²) in [6.07, 6.45) is 0. The van der Waals surface area contributed by atoms with E-state index < -0.39 is 16.6 Å². The predicted octanol–water partition coefficient (Wildman–Crippen LogP) is 4.17. The first-order chi connectivity index (χ1) is 16.9. The van der Waals surface area contributed by atoms with Crippen molar-refractivity contribution in [1.29, 1.82) is 0 Å². The normalized spacial score (nSPS) is 14.0. The Morgan fingerprint density at radius 2 is 1.94 bits per heavy atom. The van der Waals surface area contributed by atoms with Crippen LogP contribution < -0.4 is 9.80 Å². The summed E-state index contributed by atoms with van der Waals surface area (Å²) in [6, 6.07) is 9.26. The average Bonchev–Trinajstić information content (AvgIpc) is 3.32. The lowest BCUT2D eigenvalue weighted by atomic mass is 10.1. The van der Waals surface area contributed by atoms with Crippen LogP contribution in [0.4, 0.5) is 20.9 Å². The van der Waals surface area contributed by atoms with Crippen LogP contribution in [0.2, 0.25) is 0 Å². The minimum atomic E-state index is -0.463. The minimum Gasteiger partial charge on any atom is -0.378 e. The number of fused-ring (bicyclic) bond motifs is 1. The van der Waals surface area contributed by atoms with Crippen molar-refractivity contribution in [2.75, 3.05) is 62.3 Å². The van der Waals surface area contributed by atoms with Gasteiger partial charge in [0, 0.05) is 37.8 Å². The third kappa shape index (κ3) is 5.42. The monoisotopic (exact) mass is 501 g/mol. The molecule has 0 spiro atoms. The zero-order chi connectivity index (χ0) is 24.9. The Labute approximate surface area is 206 Å². The fraction of sp³-hybridized carbons (Fsp3) is 0.417. The lowest BCUT2D eigenvalue weighted by Crippen LogP contribution is -2.39. The number of benzene rings is 2. The van der Waals surface area contributed by atoms with Crippen molar-refractivity contribution >= 4 is 44.0 Å². The lowest BCUT2D eigenvalue weighted by Gasteiger charge is -2.29. The second-order valence-electron chi connectivity index (χ2n) is 8.13. The molecule has 1 aliphatic heterocycles. The van der Waals surface area contributed by atoms with E-state index in [1.165, 1.54) is 28.4 Å². The van der Waals surface area contributed by atoms with Gasteiger partial charge in [0.2, 0.25) is 0 Å². The van der Waals surface area contributed by atoms with E-state index in [2.05, 4.69) is 9.88 Å². The topological polar surface area (TPSA) is 92.0 Å². The summed E-state index contributed by atoms with van der Waals surface area (Å²) in [4.78, 5) is 35.1. The lowest BCUT2D eigenvalue weighted by molar-refractivity contribution is -0.384. The van der Waals surface area contributed by atoms with Gasteiger partial charge < -0.3 is 14.5 Å². The zero-order valence-electron chi connectivity index (χ0n) is 19.8. The van der Waals surface area contributed by atoms with Crippen LogP contribution in [-0.4, -0.2) is 73.2 Å². The van der Waals surface area contributed by atoms with Crippen molar-refractivity contribution in [3.05, 3.63) is 57.9 Å². The first-order valence-corrected chi connectivity index (χ1v) is 12.4. The van der Waals surface area contributed by atoms with Crippen LogP contribution in [0.3, 0.4) is 0 Å². The van der Waals surface area contributed by atoms with E-state index in [1.807, 2.05) is 18.7 Å². The number of nitrogens with zero attached hydrogens (tertiary/aromatic N) is 5. The number of rotatable bonds is 9. The molecule has 186 valence electrons. The largest absolute Gasteiger partial charge is 0.378 e. The summed E-state index contributed by atoms with van der Waals surface area (Å²) < 4.78 is 20.3. The maximum Gasteiger partial charge on any atom is 0.293 e. The Morgan fingerprint density at radius 3 is 2.60 bits per heavy atom. The highest BCUT2D eigenvalue weighted by atomic mass is 32.1. The van der Waals surface area contributed by atoms with E-state index in [1.54, 1.807) is 24.3 Å². The summed E-state index contributed by atoms with van der Waals surface area (Å²) in [5.41, 5.74) is 0.734. The molecule has 1 aromatic heterocycles. The van der Waals surface area contributed by atoms with Crippen LogP contribution >= 0.6 is 11.3 Å². The van der Waals surface area contributed by atoms with E-state index in [0.29, 0.717) is 54.9 Å². The first kappa shape index (κ1) is 25.0. The zero-order valence-corrected chi connectivity index (χ0v) is 20.6. The fourth-order valence-corrected chi connectivity index (χ4v) is 5.12. The smallest absolute Gasteiger partial charge is 0.293 e. The molecule has 9 nitrogen and oxygen atoms in total. The van der Waals surface area contributed by atoms with Crippen LogP contribution in [0, 0.1) is 15.9 Å². The number of nitro benzene ring substituents is 1. The van der Waals surface area contributed by atoms with Gasteiger partial charge in [0.1, 0.15) is 17.0 Å². The summed E-state index contributed by atoms with van der Waals surface area (Å²) >= 11 is 1.23. The number of halogens is 1. The predicted molar refractivity (Wildman–Crippen MR) is 135 cm³/mol. The van der Waals surface area contributed by atoms with Gasteiger partial charge in [-0.1, -0.05) is 31.3 Å². The van der Waals surface area contributed by atoms with Gasteiger partial charge in [0.25, 0.3) is 11.6 Å².